The molecule has 2 aromatic carbocycles. The fourth-order valence-corrected chi connectivity index (χ4v) is 4.00. The van der Waals surface area contributed by atoms with Gasteiger partial charge in [0.25, 0.3) is 0 Å². The number of hydrazone groups is 1. The van der Waals surface area contributed by atoms with Crippen LogP contribution in [0.15, 0.2) is 65.1 Å². The first-order valence-electron chi connectivity index (χ1n) is 8.74. The summed E-state index contributed by atoms with van der Waals surface area (Å²) in [7, 11) is 0. The monoisotopic (exact) mass is 384 g/mol. The molecule has 0 saturated heterocycles. The van der Waals surface area contributed by atoms with Crippen LogP contribution in [0.4, 0.5) is 14.5 Å². The highest BCUT2D eigenvalue weighted by atomic mass is 32.1. The predicted octanol–water partition coefficient (Wildman–Crippen LogP) is 5.78. The first-order chi connectivity index (χ1) is 13.2. The predicted molar refractivity (Wildman–Crippen MR) is 105 cm³/mol. The van der Waals surface area contributed by atoms with Crippen molar-refractivity contribution >= 4 is 22.7 Å². The minimum atomic E-state index is -0.617. The lowest BCUT2D eigenvalue weighted by atomic mass is 10.0. The van der Waals surface area contributed by atoms with Crippen molar-refractivity contribution in [2.75, 3.05) is 11.6 Å². The topological polar surface area (TPSA) is 24.8 Å². The first kappa shape index (κ1) is 17.7. The van der Waals surface area contributed by atoms with Gasteiger partial charge in [-0.05, 0) is 60.3 Å². The van der Waals surface area contributed by atoms with E-state index >= 15 is 0 Å². The van der Waals surface area contributed by atoms with Gasteiger partial charge in [-0.3, -0.25) is 5.01 Å². The standard InChI is InChI=1S/C21H18F2N2OS/c1-2-26-16-8-5-14(6-9-16)18-13-20(21-4-3-11-27-21)25(24-18)19-10-7-15(22)12-17(19)23/h3-12,20H,2,13H2,1H3/t20-/m1/s1. The molecule has 3 nitrogen and oxygen atoms in total. The molecule has 0 fully saturated rings. The van der Waals surface area contributed by atoms with E-state index < -0.39 is 11.6 Å². The van der Waals surface area contributed by atoms with Gasteiger partial charge in [0, 0.05) is 17.4 Å². The number of thiophene rings is 1. The van der Waals surface area contributed by atoms with Crippen LogP contribution in [0, 0.1) is 11.6 Å². The van der Waals surface area contributed by atoms with E-state index in [-0.39, 0.29) is 11.7 Å². The average Bonchev–Trinajstić information content (AvgIpc) is 3.32. The number of anilines is 1. The van der Waals surface area contributed by atoms with Gasteiger partial charge < -0.3 is 4.74 Å². The second-order valence-electron chi connectivity index (χ2n) is 6.18. The molecule has 6 heteroatoms. The summed E-state index contributed by atoms with van der Waals surface area (Å²) in [6.45, 7) is 2.55. The summed E-state index contributed by atoms with van der Waals surface area (Å²) in [4.78, 5) is 1.09. The maximum Gasteiger partial charge on any atom is 0.151 e. The average molecular weight is 384 g/mol. The number of hydrogen-bond donors (Lipinski definition) is 0. The molecule has 0 saturated carbocycles. The molecular formula is C21H18F2N2OS. The molecule has 1 aliphatic heterocycles. The van der Waals surface area contributed by atoms with Crippen molar-refractivity contribution < 1.29 is 13.5 Å². The highest BCUT2D eigenvalue weighted by Gasteiger charge is 2.32. The molecule has 0 bridgehead atoms. The molecule has 3 aromatic rings. The van der Waals surface area contributed by atoms with Crippen molar-refractivity contribution in [2.24, 2.45) is 5.10 Å². The molecule has 0 radical (unpaired) electrons. The summed E-state index contributed by atoms with van der Waals surface area (Å²) in [5, 5.41) is 8.33. The van der Waals surface area contributed by atoms with Gasteiger partial charge in [-0.2, -0.15) is 5.10 Å². The molecule has 0 aliphatic carbocycles. The summed E-state index contributed by atoms with van der Waals surface area (Å²) in [6, 6.07) is 15.2. The van der Waals surface area contributed by atoms with Crippen LogP contribution in [0.5, 0.6) is 5.75 Å². The van der Waals surface area contributed by atoms with Crippen molar-refractivity contribution in [1.82, 2.24) is 0 Å². The van der Waals surface area contributed by atoms with Crippen LogP contribution in [0.3, 0.4) is 0 Å². The fourth-order valence-electron chi connectivity index (χ4n) is 3.19. The largest absolute Gasteiger partial charge is 0.494 e. The Morgan fingerprint density at radius 1 is 1.15 bits per heavy atom. The fraction of sp³-hybridized carbons (Fsp3) is 0.190. The second kappa shape index (κ2) is 7.48. The van der Waals surface area contributed by atoms with E-state index in [4.69, 9.17) is 4.74 Å². The third kappa shape index (κ3) is 3.57. The second-order valence-corrected chi connectivity index (χ2v) is 7.16. The lowest BCUT2D eigenvalue weighted by Gasteiger charge is -2.23. The van der Waals surface area contributed by atoms with Gasteiger partial charge in [-0.15, -0.1) is 11.3 Å². The molecule has 1 aliphatic rings. The van der Waals surface area contributed by atoms with Crippen molar-refractivity contribution in [3.05, 3.63) is 82.1 Å². The van der Waals surface area contributed by atoms with Crippen LogP contribution >= 0.6 is 11.3 Å². The van der Waals surface area contributed by atoms with Crippen LogP contribution in [-0.2, 0) is 0 Å². The summed E-state index contributed by atoms with van der Waals surface area (Å²) >= 11 is 1.60. The Bertz CT molecular complexity index is 955. The third-order valence-electron chi connectivity index (χ3n) is 4.44. The maximum atomic E-state index is 14.4. The van der Waals surface area contributed by atoms with Crippen molar-refractivity contribution in [2.45, 2.75) is 19.4 Å². The van der Waals surface area contributed by atoms with E-state index in [1.54, 1.807) is 16.3 Å². The molecule has 0 unspecified atom stereocenters. The van der Waals surface area contributed by atoms with Crippen molar-refractivity contribution in [3.63, 3.8) is 0 Å². The normalized spacial score (nSPS) is 16.5. The lowest BCUT2D eigenvalue weighted by molar-refractivity contribution is 0.340. The van der Waals surface area contributed by atoms with Crippen LogP contribution < -0.4 is 9.75 Å². The van der Waals surface area contributed by atoms with Crippen LogP contribution in [-0.4, -0.2) is 12.3 Å². The minimum absolute atomic E-state index is 0.119. The summed E-state index contributed by atoms with van der Waals surface area (Å²) in [5.41, 5.74) is 2.10. The zero-order valence-corrected chi connectivity index (χ0v) is 15.5. The minimum Gasteiger partial charge on any atom is -0.494 e. The quantitative estimate of drug-likeness (QED) is 0.557. The molecule has 138 valence electrons. The maximum absolute atomic E-state index is 14.4. The molecule has 2 heterocycles. The Labute approximate surface area is 160 Å². The molecule has 4 rings (SSSR count). The van der Waals surface area contributed by atoms with Gasteiger partial charge >= 0.3 is 0 Å². The Morgan fingerprint density at radius 3 is 2.63 bits per heavy atom. The Morgan fingerprint density at radius 2 is 1.96 bits per heavy atom. The Kier molecular flexibility index (Phi) is 4.90. The van der Waals surface area contributed by atoms with Gasteiger partial charge in [-0.25, -0.2) is 8.78 Å². The zero-order valence-electron chi connectivity index (χ0n) is 14.7. The van der Waals surface area contributed by atoms with Crippen LogP contribution in [0.2, 0.25) is 0 Å². The van der Waals surface area contributed by atoms with E-state index in [2.05, 4.69) is 5.10 Å². The van der Waals surface area contributed by atoms with Gasteiger partial charge in [0.05, 0.1) is 24.0 Å². The molecule has 0 amide bonds. The molecule has 0 N–H and O–H groups in total. The van der Waals surface area contributed by atoms with Gasteiger partial charge in [0.15, 0.2) is 5.82 Å². The number of halogens is 2. The van der Waals surface area contributed by atoms with Crippen molar-refractivity contribution in [3.8, 4) is 5.75 Å². The van der Waals surface area contributed by atoms with Gasteiger partial charge in [0.1, 0.15) is 11.6 Å². The highest BCUT2D eigenvalue weighted by Crippen LogP contribution is 2.39. The number of ether oxygens (including phenoxy) is 1. The first-order valence-corrected chi connectivity index (χ1v) is 9.62. The highest BCUT2D eigenvalue weighted by molar-refractivity contribution is 7.10. The third-order valence-corrected chi connectivity index (χ3v) is 5.41. The van der Waals surface area contributed by atoms with Gasteiger partial charge in [-0.1, -0.05) is 6.07 Å². The molecular weight excluding hydrogens is 366 g/mol. The summed E-state index contributed by atoms with van der Waals surface area (Å²) in [6.07, 6.45) is 0.644. The summed E-state index contributed by atoms with van der Waals surface area (Å²) in [5.74, 6) is -0.414. The number of rotatable bonds is 5. The number of nitrogens with zero attached hydrogens (tertiary/aromatic N) is 2. The van der Waals surface area contributed by atoms with E-state index in [0.29, 0.717) is 13.0 Å². The smallest absolute Gasteiger partial charge is 0.151 e. The summed E-state index contributed by atoms with van der Waals surface area (Å²) < 4.78 is 33.3. The Balaban J connectivity index is 1.71. The number of benzene rings is 2. The molecule has 1 atom stereocenters. The molecule has 1 aromatic heterocycles. The number of hydrogen-bond acceptors (Lipinski definition) is 4. The van der Waals surface area contributed by atoms with E-state index in [1.807, 2.05) is 48.7 Å². The van der Waals surface area contributed by atoms with E-state index in [1.165, 1.54) is 12.1 Å². The van der Waals surface area contributed by atoms with Gasteiger partial charge in [0.2, 0.25) is 0 Å². The molecule has 0 spiro atoms. The lowest BCUT2D eigenvalue weighted by Crippen LogP contribution is -2.18. The van der Waals surface area contributed by atoms with E-state index in [0.717, 1.165) is 28.0 Å². The zero-order chi connectivity index (χ0) is 18.8. The van der Waals surface area contributed by atoms with E-state index in [9.17, 15) is 8.78 Å². The Hall–Kier alpha value is -2.73. The SMILES string of the molecule is CCOc1ccc(C2=NN(c3ccc(F)cc3F)[C@@H](c3cccs3)C2)cc1. The molecule has 27 heavy (non-hydrogen) atoms. The van der Waals surface area contributed by atoms with Crippen molar-refractivity contribution in [1.29, 1.82) is 0 Å². The van der Waals surface area contributed by atoms with Crippen LogP contribution in [0.25, 0.3) is 0 Å². The van der Waals surface area contributed by atoms with Crippen LogP contribution in [0.1, 0.15) is 29.8 Å².